The first-order valence-corrected chi connectivity index (χ1v) is 8.09. The fraction of sp³-hybridized carbons (Fsp3) is 0.350. The third-order valence-electron chi connectivity index (χ3n) is 3.58. The third-order valence-corrected chi connectivity index (χ3v) is 3.58. The summed E-state index contributed by atoms with van der Waals surface area (Å²) in [6, 6.07) is 15.5. The van der Waals surface area contributed by atoms with Crippen molar-refractivity contribution in [2.24, 2.45) is 0 Å². The summed E-state index contributed by atoms with van der Waals surface area (Å²) >= 11 is 0. The van der Waals surface area contributed by atoms with Crippen LogP contribution in [0.1, 0.15) is 44.9 Å². The van der Waals surface area contributed by atoms with Gasteiger partial charge in [0.1, 0.15) is 5.60 Å². The molecule has 0 fully saturated rings. The minimum atomic E-state index is -0.529. The average Bonchev–Trinajstić information content (AvgIpc) is 2.53. The Labute approximate surface area is 143 Å². The van der Waals surface area contributed by atoms with Crippen molar-refractivity contribution in [3.05, 3.63) is 59.7 Å². The lowest BCUT2D eigenvalue weighted by atomic mass is 9.94. The molecule has 0 saturated carbocycles. The molecule has 0 bridgehead atoms. The summed E-state index contributed by atoms with van der Waals surface area (Å²) in [6.07, 6.45) is -0.436. The van der Waals surface area contributed by atoms with Crippen molar-refractivity contribution < 1.29 is 14.6 Å². The molecule has 4 heteroatoms. The van der Waals surface area contributed by atoms with E-state index >= 15 is 0 Å². The molecular formula is C20H25NO3. The van der Waals surface area contributed by atoms with Gasteiger partial charge in [-0.25, -0.2) is 4.79 Å². The summed E-state index contributed by atoms with van der Waals surface area (Å²) in [5.74, 6) is 0. The van der Waals surface area contributed by atoms with E-state index in [1.165, 1.54) is 0 Å². The van der Waals surface area contributed by atoms with Crippen LogP contribution in [0.15, 0.2) is 48.5 Å². The summed E-state index contributed by atoms with van der Waals surface area (Å²) < 4.78 is 5.33. The Kier molecular flexibility index (Phi) is 5.62. The fourth-order valence-corrected chi connectivity index (χ4v) is 2.54. The van der Waals surface area contributed by atoms with Crippen LogP contribution in [0, 0.1) is 0 Å². The number of alkyl carbamates (subject to hydrolysis) is 1. The highest BCUT2D eigenvalue weighted by molar-refractivity contribution is 5.72. The summed E-state index contributed by atoms with van der Waals surface area (Å²) in [7, 11) is 0. The van der Waals surface area contributed by atoms with E-state index in [9.17, 15) is 9.90 Å². The van der Waals surface area contributed by atoms with Crippen LogP contribution in [0.2, 0.25) is 0 Å². The first-order chi connectivity index (χ1) is 11.3. The minimum Gasteiger partial charge on any atom is -0.444 e. The molecule has 0 aliphatic rings. The highest BCUT2D eigenvalue weighted by Crippen LogP contribution is 2.29. The molecule has 0 spiro atoms. The first kappa shape index (κ1) is 18.0. The number of benzene rings is 2. The molecule has 0 aromatic heterocycles. The number of carbonyl (C=O) groups is 1. The third kappa shape index (κ3) is 4.83. The minimum absolute atomic E-state index is 0.00171. The van der Waals surface area contributed by atoms with E-state index in [-0.39, 0.29) is 12.6 Å². The van der Waals surface area contributed by atoms with Gasteiger partial charge in [0.05, 0.1) is 12.6 Å². The second-order valence-corrected chi connectivity index (χ2v) is 6.81. The number of amides is 1. The highest BCUT2D eigenvalue weighted by atomic mass is 16.6. The predicted molar refractivity (Wildman–Crippen MR) is 95.6 cm³/mol. The summed E-state index contributed by atoms with van der Waals surface area (Å²) in [5, 5.41) is 12.2. The smallest absolute Gasteiger partial charge is 0.408 e. The molecule has 0 aliphatic heterocycles. The second kappa shape index (κ2) is 7.49. The maximum absolute atomic E-state index is 12.0. The van der Waals surface area contributed by atoms with E-state index in [0.717, 1.165) is 22.3 Å². The molecule has 0 aliphatic carbocycles. The number of rotatable bonds is 4. The molecule has 2 rings (SSSR count). The van der Waals surface area contributed by atoms with Crippen LogP contribution >= 0.6 is 0 Å². The van der Waals surface area contributed by atoms with Crippen LogP contribution < -0.4 is 5.32 Å². The Hall–Kier alpha value is -2.33. The molecule has 4 nitrogen and oxygen atoms in total. The van der Waals surface area contributed by atoms with E-state index in [1.807, 2.05) is 76.2 Å². The second-order valence-electron chi connectivity index (χ2n) is 6.81. The summed E-state index contributed by atoms with van der Waals surface area (Å²) in [6.45, 7) is 7.45. The molecule has 2 aromatic carbocycles. The van der Waals surface area contributed by atoms with E-state index in [0.29, 0.717) is 0 Å². The molecule has 0 heterocycles. The summed E-state index contributed by atoms with van der Waals surface area (Å²) in [5.41, 5.74) is 3.36. The number of hydrogen-bond donors (Lipinski definition) is 2. The van der Waals surface area contributed by atoms with Crippen LogP contribution in [0.4, 0.5) is 4.79 Å². The normalized spacial score (nSPS) is 12.5. The topological polar surface area (TPSA) is 58.6 Å². The lowest BCUT2D eigenvalue weighted by molar-refractivity contribution is 0.0508. The molecular weight excluding hydrogens is 302 g/mol. The van der Waals surface area contributed by atoms with Gasteiger partial charge in [-0.2, -0.15) is 0 Å². The molecule has 0 radical (unpaired) electrons. The van der Waals surface area contributed by atoms with Crippen molar-refractivity contribution in [1.82, 2.24) is 5.32 Å². The van der Waals surface area contributed by atoms with Gasteiger partial charge in [0.25, 0.3) is 0 Å². The monoisotopic (exact) mass is 327 g/mol. The zero-order valence-electron chi connectivity index (χ0n) is 14.7. The van der Waals surface area contributed by atoms with Crippen LogP contribution in [0.25, 0.3) is 11.1 Å². The molecule has 0 saturated heterocycles. The van der Waals surface area contributed by atoms with Crippen molar-refractivity contribution in [2.75, 3.05) is 0 Å². The van der Waals surface area contributed by atoms with Crippen molar-refractivity contribution in [3.8, 4) is 11.1 Å². The van der Waals surface area contributed by atoms with Crippen molar-refractivity contribution in [1.29, 1.82) is 0 Å². The van der Waals surface area contributed by atoms with Gasteiger partial charge in [-0.15, -0.1) is 0 Å². The van der Waals surface area contributed by atoms with Gasteiger partial charge in [-0.05, 0) is 56.0 Å². The van der Waals surface area contributed by atoms with Gasteiger partial charge < -0.3 is 15.2 Å². The Morgan fingerprint density at radius 2 is 1.88 bits per heavy atom. The fourth-order valence-electron chi connectivity index (χ4n) is 2.54. The molecule has 2 N–H and O–H groups in total. The van der Waals surface area contributed by atoms with Crippen LogP contribution in [-0.2, 0) is 11.3 Å². The Morgan fingerprint density at radius 3 is 2.54 bits per heavy atom. The maximum Gasteiger partial charge on any atom is 0.408 e. The van der Waals surface area contributed by atoms with Gasteiger partial charge in [-0.1, -0.05) is 42.5 Å². The highest BCUT2D eigenvalue weighted by Gasteiger charge is 2.19. The van der Waals surface area contributed by atoms with Gasteiger partial charge >= 0.3 is 6.09 Å². The Balaban J connectivity index is 2.26. The molecule has 1 amide bonds. The van der Waals surface area contributed by atoms with Crippen LogP contribution in [-0.4, -0.2) is 16.8 Å². The van der Waals surface area contributed by atoms with Crippen LogP contribution in [0.5, 0.6) is 0 Å². The zero-order valence-corrected chi connectivity index (χ0v) is 14.7. The van der Waals surface area contributed by atoms with E-state index < -0.39 is 11.7 Å². The SMILES string of the molecule is CC(NC(=O)OC(C)(C)C)c1ccccc1-c1cccc(CO)c1. The molecule has 128 valence electrons. The number of carbonyl (C=O) groups excluding carboxylic acids is 1. The average molecular weight is 327 g/mol. The van der Waals surface area contributed by atoms with Gasteiger partial charge in [0.2, 0.25) is 0 Å². The number of nitrogens with one attached hydrogen (secondary N) is 1. The van der Waals surface area contributed by atoms with Crippen molar-refractivity contribution in [2.45, 2.75) is 45.9 Å². The quantitative estimate of drug-likeness (QED) is 0.873. The number of aliphatic hydroxyl groups excluding tert-OH is 1. The van der Waals surface area contributed by atoms with Gasteiger partial charge in [0.15, 0.2) is 0 Å². The van der Waals surface area contributed by atoms with Crippen molar-refractivity contribution in [3.63, 3.8) is 0 Å². The van der Waals surface area contributed by atoms with Gasteiger partial charge in [0, 0.05) is 0 Å². The molecule has 24 heavy (non-hydrogen) atoms. The van der Waals surface area contributed by atoms with E-state index in [1.54, 1.807) is 0 Å². The van der Waals surface area contributed by atoms with E-state index in [2.05, 4.69) is 5.32 Å². The lowest BCUT2D eigenvalue weighted by Crippen LogP contribution is -2.34. The predicted octanol–water partition coefficient (Wildman–Crippen LogP) is 4.43. The standard InChI is InChI=1S/C20H25NO3/c1-14(21-19(23)24-20(2,3)4)17-10-5-6-11-18(17)16-9-7-8-15(12-16)13-22/h5-12,14,22H,13H2,1-4H3,(H,21,23). The summed E-state index contributed by atoms with van der Waals surface area (Å²) in [4.78, 5) is 12.0. The molecule has 1 unspecified atom stereocenters. The molecule has 1 atom stereocenters. The number of aliphatic hydroxyl groups is 1. The van der Waals surface area contributed by atoms with E-state index in [4.69, 9.17) is 4.74 Å². The van der Waals surface area contributed by atoms with Crippen molar-refractivity contribution >= 4 is 6.09 Å². The largest absolute Gasteiger partial charge is 0.444 e. The number of ether oxygens (including phenoxy) is 1. The van der Waals surface area contributed by atoms with Gasteiger partial charge in [-0.3, -0.25) is 0 Å². The van der Waals surface area contributed by atoms with Crippen LogP contribution in [0.3, 0.4) is 0 Å². The number of hydrogen-bond acceptors (Lipinski definition) is 3. The zero-order chi connectivity index (χ0) is 17.7. The molecule has 2 aromatic rings. The lowest BCUT2D eigenvalue weighted by Gasteiger charge is -2.23. The maximum atomic E-state index is 12.0. The Morgan fingerprint density at radius 1 is 1.17 bits per heavy atom. The first-order valence-electron chi connectivity index (χ1n) is 8.09. The Bertz CT molecular complexity index is 704.